The molecule has 40 heavy (non-hydrogen) atoms. The van der Waals surface area contributed by atoms with E-state index in [0.29, 0.717) is 27.7 Å². The summed E-state index contributed by atoms with van der Waals surface area (Å²) >= 11 is 0.908. The van der Waals surface area contributed by atoms with Crippen molar-refractivity contribution in [3.63, 3.8) is 0 Å². The van der Waals surface area contributed by atoms with Gasteiger partial charge in [0.2, 0.25) is 0 Å². The van der Waals surface area contributed by atoms with Gasteiger partial charge in [-0.05, 0) is 82.1 Å². The lowest BCUT2D eigenvalue weighted by atomic mass is 10.1. The maximum absolute atomic E-state index is 13.1. The van der Waals surface area contributed by atoms with Crippen LogP contribution in [0, 0.1) is 0 Å². The number of methoxy groups -OCH3 is 1. The number of aryl methyl sites for hydroxylation is 1. The van der Waals surface area contributed by atoms with Crippen LogP contribution in [0.4, 0.5) is 10.5 Å². The van der Waals surface area contributed by atoms with Crippen molar-refractivity contribution in [1.82, 2.24) is 4.90 Å². The average molecular weight is 553 g/mol. The van der Waals surface area contributed by atoms with Crippen molar-refractivity contribution in [2.45, 2.75) is 19.9 Å². The summed E-state index contributed by atoms with van der Waals surface area (Å²) in [5.41, 5.74) is 3.43. The van der Waals surface area contributed by atoms with Crippen LogP contribution in [0.15, 0.2) is 89.8 Å². The number of hydrogen-bond acceptors (Lipinski definition) is 6. The lowest BCUT2D eigenvalue weighted by Crippen LogP contribution is -2.27. The Hall–Kier alpha value is -4.56. The molecule has 1 saturated heterocycles. The molecule has 0 atom stereocenters. The Kier molecular flexibility index (Phi) is 8.17. The summed E-state index contributed by atoms with van der Waals surface area (Å²) in [7, 11) is 1.50. The first kappa shape index (κ1) is 27.0. The second kappa shape index (κ2) is 12.1. The van der Waals surface area contributed by atoms with Crippen LogP contribution in [-0.4, -0.2) is 35.7 Å². The van der Waals surface area contributed by atoms with E-state index in [0.717, 1.165) is 34.5 Å². The van der Waals surface area contributed by atoms with Crippen molar-refractivity contribution in [2.24, 2.45) is 0 Å². The zero-order valence-electron chi connectivity index (χ0n) is 22.2. The molecule has 7 nitrogen and oxygen atoms in total. The van der Waals surface area contributed by atoms with Crippen molar-refractivity contribution in [2.75, 3.05) is 19.0 Å². The highest BCUT2D eigenvalue weighted by Crippen LogP contribution is 2.35. The summed E-state index contributed by atoms with van der Waals surface area (Å²) in [5.74, 6) is 0.159. The zero-order valence-corrected chi connectivity index (χ0v) is 23.0. The number of amides is 3. The third-order valence-electron chi connectivity index (χ3n) is 6.52. The average Bonchev–Trinajstić information content (AvgIpc) is 3.23. The van der Waals surface area contributed by atoms with E-state index in [1.165, 1.54) is 17.6 Å². The largest absolute Gasteiger partial charge is 0.493 e. The topological polar surface area (TPSA) is 84.9 Å². The molecular formula is C32H28N2O5S. The number of nitrogens with one attached hydrogen (secondary N) is 1. The van der Waals surface area contributed by atoms with Gasteiger partial charge in [-0.1, -0.05) is 61.5 Å². The molecule has 202 valence electrons. The van der Waals surface area contributed by atoms with Crippen molar-refractivity contribution >= 4 is 51.4 Å². The molecule has 1 aliphatic rings. The number of hydrogen-bond donors (Lipinski definition) is 1. The normalized spacial score (nSPS) is 14.2. The SMILES string of the molecule is CCc1ccc(NC(=O)COc2ccc(/C=C3\SC(=O)N(Cc4ccc5ccccc5c4)C3=O)cc2OC)cc1. The standard InChI is InChI=1S/C32H28N2O5S/c1-3-21-9-13-26(14-10-21)33-30(35)20-39-27-15-11-22(17-28(27)38-2)18-29-31(36)34(32(37)40-29)19-23-8-12-24-6-4-5-7-25(24)16-23/h4-18H,3,19-20H2,1-2H3,(H,33,35)/b29-18-. The fourth-order valence-corrected chi connectivity index (χ4v) is 5.20. The number of imide groups is 1. The maximum atomic E-state index is 13.1. The number of rotatable bonds is 9. The van der Waals surface area contributed by atoms with E-state index < -0.39 is 0 Å². The van der Waals surface area contributed by atoms with Gasteiger partial charge < -0.3 is 14.8 Å². The summed E-state index contributed by atoms with van der Waals surface area (Å²) in [5, 5.41) is 4.65. The molecule has 0 radical (unpaired) electrons. The van der Waals surface area contributed by atoms with Crippen LogP contribution in [0.2, 0.25) is 0 Å². The third kappa shape index (κ3) is 6.18. The second-order valence-electron chi connectivity index (χ2n) is 9.25. The van der Waals surface area contributed by atoms with Gasteiger partial charge in [0.05, 0.1) is 18.6 Å². The van der Waals surface area contributed by atoms with Crippen molar-refractivity contribution in [3.05, 3.63) is 107 Å². The lowest BCUT2D eigenvalue weighted by molar-refractivity contribution is -0.123. The Morgan fingerprint density at radius 2 is 1.65 bits per heavy atom. The monoisotopic (exact) mass is 552 g/mol. The van der Waals surface area contributed by atoms with Gasteiger partial charge in [-0.2, -0.15) is 0 Å². The number of nitrogens with zero attached hydrogens (tertiary/aromatic N) is 1. The highest BCUT2D eigenvalue weighted by molar-refractivity contribution is 8.18. The van der Waals surface area contributed by atoms with Crippen LogP contribution < -0.4 is 14.8 Å². The van der Waals surface area contributed by atoms with Crippen molar-refractivity contribution in [1.29, 1.82) is 0 Å². The predicted octanol–water partition coefficient (Wildman–Crippen LogP) is 6.66. The Morgan fingerprint density at radius 3 is 2.40 bits per heavy atom. The molecule has 4 aromatic carbocycles. The molecule has 0 spiro atoms. The van der Waals surface area contributed by atoms with E-state index in [4.69, 9.17) is 9.47 Å². The van der Waals surface area contributed by atoms with Gasteiger partial charge in [-0.15, -0.1) is 0 Å². The molecule has 0 unspecified atom stereocenters. The number of anilines is 1. The second-order valence-corrected chi connectivity index (χ2v) is 10.2. The minimum absolute atomic E-state index is 0.196. The summed E-state index contributed by atoms with van der Waals surface area (Å²) in [4.78, 5) is 39.7. The summed E-state index contributed by atoms with van der Waals surface area (Å²) in [6.45, 7) is 2.08. The van der Waals surface area contributed by atoms with Gasteiger partial charge >= 0.3 is 0 Å². The minimum Gasteiger partial charge on any atom is -0.493 e. The highest BCUT2D eigenvalue weighted by atomic mass is 32.2. The van der Waals surface area contributed by atoms with Gasteiger partial charge in [-0.25, -0.2) is 0 Å². The molecule has 0 aromatic heterocycles. The van der Waals surface area contributed by atoms with Crippen LogP contribution in [0.3, 0.4) is 0 Å². The smallest absolute Gasteiger partial charge is 0.293 e. The first-order valence-electron chi connectivity index (χ1n) is 12.9. The zero-order chi connectivity index (χ0) is 28.1. The fourth-order valence-electron chi connectivity index (χ4n) is 4.36. The Bertz CT molecular complexity index is 1610. The number of thioether (sulfide) groups is 1. The predicted molar refractivity (Wildman–Crippen MR) is 158 cm³/mol. The van der Waals surface area contributed by atoms with E-state index in [1.54, 1.807) is 24.3 Å². The third-order valence-corrected chi connectivity index (χ3v) is 7.43. The summed E-state index contributed by atoms with van der Waals surface area (Å²) < 4.78 is 11.1. The molecular weight excluding hydrogens is 524 g/mol. The number of fused-ring (bicyclic) bond motifs is 1. The molecule has 4 aromatic rings. The minimum atomic E-state index is -0.342. The van der Waals surface area contributed by atoms with Crippen LogP contribution in [-0.2, 0) is 22.6 Å². The summed E-state index contributed by atoms with van der Waals surface area (Å²) in [6.07, 6.45) is 2.58. The molecule has 1 N–H and O–H groups in total. The molecule has 0 bridgehead atoms. The van der Waals surface area contributed by atoms with E-state index >= 15 is 0 Å². The van der Waals surface area contributed by atoms with Crippen LogP contribution in [0.1, 0.15) is 23.6 Å². The van der Waals surface area contributed by atoms with E-state index in [2.05, 4.69) is 12.2 Å². The molecule has 8 heteroatoms. The van der Waals surface area contributed by atoms with Gasteiger partial charge in [0, 0.05) is 5.69 Å². The van der Waals surface area contributed by atoms with Gasteiger partial charge in [-0.3, -0.25) is 19.3 Å². The van der Waals surface area contributed by atoms with Gasteiger partial charge in [0.25, 0.3) is 17.1 Å². The first-order valence-corrected chi connectivity index (χ1v) is 13.7. The van der Waals surface area contributed by atoms with Crippen LogP contribution in [0.5, 0.6) is 11.5 Å². The Labute approximate surface area is 236 Å². The Balaban J connectivity index is 1.23. The molecule has 1 fully saturated rings. The van der Waals surface area contributed by atoms with Crippen LogP contribution >= 0.6 is 11.8 Å². The lowest BCUT2D eigenvalue weighted by Gasteiger charge is -2.13. The molecule has 5 rings (SSSR count). The molecule has 1 aliphatic heterocycles. The fraction of sp³-hybridized carbons (Fsp3) is 0.156. The number of benzene rings is 4. The maximum Gasteiger partial charge on any atom is 0.293 e. The van der Waals surface area contributed by atoms with Crippen molar-refractivity contribution < 1.29 is 23.9 Å². The van der Waals surface area contributed by atoms with E-state index in [9.17, 15) is 14.4 Å². The number of carbonyl (C=O) groups excluding carboxylic acids is 3. The van der Waals surface area contributed by atoms with E-state index in [1.807, 2.05) is 66.7 Å². The van der Waals surface area contributed by atoms with E-state index in [-0.39, 0.29) is 30.2 Å². The summed E-state index contributed by atoms with van der Waals surface area (Å²) in [6, 6.07) is 26.6. The Morgan fingerprint density at radius 1 is 0.900 bits per heavy atom. The van der Waals surface area contributed by atoms with Crippen molar-refractivity contribution in [3.8, 4) is 11.5 Å². The molecule has 3 amide bonds. The highest BCUT2D eigenvalue weighted by Gasteiger charge is 2.35. The first-order chi connectivity index (χ1) is 19.4. The number of carbonyl (C=O) groups is 3. The molecule has 0 aliphatic carbocycles. The molecule has 1 heterocycles. The van der Waals surface area contributed by atoms with Gasteiger partial charge in [0.15, 0.2) is 18.1 Å². The van der Waals surface area contributed by atoms with Crippen LogP contribution in [0.25, 0.3) is 16.8 Å². The van der Waals surface area contributed by atoms with Gasteiger partial charge in [0.1, 0.15) is 0 Å². The number of ether oxygens (including phenoxy) is 2. The molecule has 0 saturated carbocycles. The quantitative estimate of drug-likeness (QED) is 0.234.